The molecule has 1 aromatic heterocycles. The number of hydrogen-bond acceptors (Lipinski definition) is 4. The van der Waals surface area contributed by atoms with Crippen LogP contribution in [0.1, 0.15) is 10.4 Å². The van der Waals surface area contributed by atoms with Gasteiger partial charge in [0.05, 0.1) is 12.1 Å². The molecule has 0 aliphatic carbocycles. The average Bonchev–Trinajstić information content (AvgIpc) is 2.48. The molecule has 0 radical (unpaired) electrons. The molecule has 1 aromatic carbocycles. The first-order valence-electron chi connectivity index (χ1n) is 5.95. The van der Waals surface area contributed by atoms with Gasteiger partial charge in [0.15, 0.2) is 0 Å². The molecule has 2 aromatic rings. The third-order valence-corrected chi connectivity index (χ3v) is 2.59. The fraction of sp³-hybridized carbons (Fsp3) is 0.214. The lowest BCUT2D eigenvalue weighted by molar-refractivity contribution is 0.0773. The Morgan fingerprint density at radius 1 is 1.21 bits per heavy atom. The zero-order valence-electron chi connectivity index (χ0n) is 10.7. The van der Waals surface area contributed by atoms with Crippen molar-refractivity contribution >= 4 is 5.91 Å². The Morgan fingerprint density at radius 2 is 1.89 bits per heavy atom. The molecule has 0 saturated carbocycles. The van der Waals surface area contributed by atoms with E-state index in [2.05, 4.69) is 9.97 Å². The molecule has 2 rings (SSSR count). The summed E-state index contributed by atoms with van der Waals surface area (Å²) in [5.41, 5.74) is 0.477. The van der Waals surface area contributed by atoms with Gasteiger partial charge in [0.25, 0.3) is 5.91 Å². The van der Waals surface area contributed by atoms with Gasteiger partial charge in [-0.3, -0.25) is 4.79 Å². The highest BCUT2D eigenvalue weighted by molar-refractivity contribution is 5.93. The van der Waals surface area contributed by atoms with Crippen molar-refractivity contribution in [3.63, 3.8) is 0 Å². The number of amides is 1. The Kier molecular flexibility index (Phi) is 4.44. The second-order valence-corrected chi connectivity index (χ2v) is 4.02. The number of rotatable bonds is 5. The number of hydrogen-bond donors (Lipinski definition) is 0. The molecule has 5 heteroatoms. The number of ether oxygens (including phenoxy) is 1. The summed E-state index contributed by atoms with van der Waals surface area (Å²) in [5, 5.41) is 0. The molecule has 0 saturated heterocycles. The maximum absolute atomic E-state index is 12.0. The third-order valence-electron chi connectivity index (χ3n) is 2.59. The highest BCUT2D eigenvalue weighted by atomic mass is 16.5. The molecular weight excluding hydrogens is 242 g/mol. The summed E-state index contributed by atoms with van der Waals surface area (Å²) in [6.45, 7) is 0.947. The van der Waals surface area contributed by atoms with Crippen LogP contribution in [0.5, 0.6) is 5.75 Å². The van der Waals surface area contributed by atoms with Gasteiger partial charge in [-0.2, -0.15) is 0 Å². The van der Waals surface area contributed by atoms with Crippen LogP contribution >= 0.6 is 0 Å². The van der Waals surface area contributed by atoms with Crippen molar-refractivity contribution in [3.05, 3.63) is 54.6 Å². The second kappa shape index (κ2) is 6.49. The summed E-state index contributed by atoms with van der Waals surface area (Å²) in [6, 6.07) is 9.51. The van der Waals surface area contributed by atoms with Crippen LogP contribution in [0.3, 0.4) is 0 Å². The van der Waals surface area contributed by atoms with E-state index in [-0.39, 0.29) is 5.91 Å². The van der Waals surface area contributed by atoms with Crippen LogP contribution in [0.2, 0.25) is 0 Å². The van der Waals surface area contributed by atoms with Crippen molar-refractivity contribution in [2.75, 3.05) is 20.2 Å². The standard InChI is InChI=1S/C14H15N3O2/c1-17(14(18)12-9-15-11-16-10-12)7-8-19-13-5-3-2-4-6-13/h2-6,9-11H,7-8H2,1H3. The SMILES string of the molecule is CN(CCOc1ccccc1)C(=O)c1cncnc1. The van der Waals surface area contributed by atoms with Gasteiger partial charge < -0.3 is 9.64 Å². The number of carbonyl (C=O) groups excluding carboxylic acids is 1. The molecule has 0 aliphatic heterocycles. The van der Waals surface area contributed by atoms with Gasteiger partial charge >= 0.3 is 0 Å². The van der Waals surface area contributed by atoms with Crippen molar-refractivity contribution in [2.45, 2.75) is 0 Å². The number of carbonyl (C=O) groups is 1. The van der Waals surface area contributed by atoms with Crippen molar-refractivity contribution < 1.29 is 9.53 Å². The quantitative estimate of drug-likeness (QED) is 0.817. The van der Waals surface area contributed by atoms with Crippen molar-refractivity contribution in [1.29, 1.82) is 0 Å². The van der Waals surface area contributed by atoms with E-state index >= 15 is 0 Å². The van der Waals surface area contributed by atoms with Gasteiger partial charge in [0.1, 0.15) is 18.7 Å². The normalized spacial score (nSPS) is 9.95. The largest absolute Gasteiger partial charge is 0.492 e. The molecule has 0 fully saturated rings. The molecule has 0 atom stereocenters. The van der Waals surface area contributed by atoms with Gasteiger partial charge in [0.2, 0.25) is 0 Å². The first-order chi connectivity index (χ1) is 9.27. The van der Waals surface area contributed by atoms with Gasteiger partial charge in [-0.25, -0.2) is 9.97 Å². The Bertz CT molecular complexity index is 517. The summed E-state index contributed by atoms with van der Waals surface area (Å²) in [4.78, 5) is 21.2. The molecule has 0 unspecified atom stereocenters. The Morgan fingerprint density at radius 3 is 2.58 bits per heavy atom. The molecule has 5 nitrogen and oxygen atoms in total. The Balaban J connectivity index is 1.82. The molecule has 19 heavy (non-hydrogen) atoms. The van der Waals surface area contributed by atoms with Crippen LogP contribution in [-0.2, 0) is 0 Å². The smallest absolute Gasteiger partial charge is 0.256 e. The minimum atomic E-state index is -0.114. The van der Waals surface area contributed by atoms with Gasteiger partial charge in [0, 0.05) is 19.4 Å². The number of aromatic nitrogens is 2. The van der Waals surface area contributed by atoms with Crippen LogP contribution in [0.25, 0.3) is 0 Å². The number of para-hydroxylation sites is 1. The summed E-state index contributed by atoms with van der Waals surface area (Å²) < 4.78 is 5.54. The minimum absolute atomic E-state index is 0.114. The van der Waals surface area contributed by atoms with Gasteiger partial charge in [-0.05, 0) is 12.1 Å². The van der Waals surface area contributed by atoms with E-state index in [1.807, 2.05) is 30.3 Å². The van der Waals surface area contributed by atoms with Crippen molar-refractivity contribution in [2.24, 2.45) is 0 Å². The predicted octanol–water partition coefficient (Wildman–Crippen LogP) is 1.63. The Labute approximate surface area is 111 Å². The molecule has 0 aliphatic rings. The van der Waals surface area contributed by atoms with E-state index in [1.54, 1.807) is 11.9 Å². The van der Waals surface area contributed by atoms with Crippen LogP contribution in [-0.4, -0.2) is 41.0 Å². The van der Waals surface area contributed by atoms with Crippen molar-refractivity contribution in [1.82, 2.24) is 14.9 Å². The molecule has 98 valence electrons. The highest BCUT2D eigenvalue weighted by Crippen LogP contribution is 2.08. The predicted molar refractivity (Wildman–Crippen MR) is 70.9 cm³/mol. The third kappa shape index (κ3) is 3.77. The number of nitrogens with zero attached hydrogens (tertiary/aromatic N) is 3. The topological polar surface area (TPSA) is 55.3 Å². The summed E-state index contributed by atoms with van der Waals surface area (Å²) in [5.74, 6) is 0.684. The van der Waals surface area contributed by atoms with Gasteiger partial charge in [-0.1, -0.05) is 18.2 Å². The van der Waals surface area contributed by atoms with Crippen LogP contribution < -0.4 is 4.74 Å². The lowest BCUT2D eigenvalue weighted by Gasteiger charge is -2.17. The average molecular weight is 257 g/mol. The number of likely N-dealkylation sites (N-methyl/N-ethyl adjacent to an activating group) is 1. The van der Waals surface area contributed by atoms with E-state index in [4.69, 9.17) is 4.74 Å². The Hall–Kier alpha value is -2.43. The van der Waals surface area contributed by atoms with Crippen LogP contribution in [0, 0.1) is 0 Å². The highest BCUT2D eigenvalue weighted by Gasteiger charge is 2.11. The lowest BCUT2D eigenvalue weighted by atomic mass is 10.3. The maximum Gasteiger partial charge on any atom is 0.256 e. The van der Waals surface area contributed by atoms with E-state index < -0.39 is 0 Å². The minimum Gasteiger partial charge on any atom is -0.492 e. The van der Waals surface area contributed by atoms with E-state index in [1.165, 1.54) is 18.7 Å². The molecule has 1 heterocycles. The summed E-state index contributed by atoms with van der Waals surface area (Å²) in [6.07, 6.45) is 4.41. The zero-order valence-corrected chi connectivity index (χ0v) is 10.7. The van der Waals surface area contributed by atoms with E-state index in [0.717, 1.165) is 5.75 Å². The molecular formula is C14H15N3O2. The fourth-order valence-corrected chi connectivity index (χ4v) is 1.55. The first-order valence-corrected chi connectivity index (χ1v) is 5.95. The molecule has 0 spiro atoms. The van der Waals surface area contributed by atoms with Gasteiger partial charge in [-0.15, -0.1) is 0 Å². The van der Waals surface area contributed by atoms with Crippen molar-refractivity contribution in [3.8, 4) is 5.75 Å². The lowest BCUT2D eigenvalue weighted by Crippen LogP contribution is -2.31. The monoisotopic (exact) mass is 257 g/mol. The first kappa shape index (κ1) is 13.0. The van der Waals surface area contributed by atoms with Crippen LogP contribution in [0.15, 0.2) is 49.1 Å². The second-order valence-electron chi connectivity index (χ2n) is 4.02. The molecule has 0 bridgehead atoms. The molecule has 1 amide bonds. The zero-order chi connectivity index (χ0) is 13.5. The summed E-state index contributed by atoms with van der Waals surface area (Å²) in [7, 11) is 1.73. The van der Waals surface area contributed by atoms with Crippen LogP contribution in [0.4, 0.5) is 0 Å². The van der Waals surface area contributed by atoms with E-state index in [9.17, 15) is 4.79 Å². The summed E-state index contributed by atoms with van der Waals surface area (Å²) >= 11 is 0. The number of benzene rings is 1. The fourth-order valence-electron chi connectivity index (χ4n) is 1.55. The van der Waals surface area contributed by atoms with E-state index in [0.29, 0.717) is 18.7 Å². The molecule has 0 N–H and O–H groups in total. The maximum atomic E-state index is 12.0.